The molecule has 0 spiro atoms. The summed E-state index contributed by atoms with van der Waals surface area (Å²) in [5, 5.41) is 14.9. The maximum absolute atomic E-state index is 12.4. The van der Waals surface area contributed by atoms with Crippen molar-refractivity contribution in [1.82, 2.24) is 25.5 Å². The average molecular weight is 361 g/mol. The van der Waals surface area contributed by atoms with Crippen molar-refractivity contribution in [3.8, 4) is 5.69 Å². The second kappa shape index (κ2) is 6.83. The lowest BCUT2D eigenvalue weighted by Crippen LogP contribution is -2.29. The van der Waals surface area contributed by atoms with Gasteiger partial charge in [0.25, 0.3) is 5.91 Å². The van der Waals surface area contributed by atoms with Crippen LogP contribution in [0, 0.1) is 6.92 Å². The molecule has 1 N–H and O–H groups in total. The van der Waals surface area contributed by atoms with Crippen molar-refractivity contribution >= 4 is 16.9 Å². The number of tetrazole rings is 1. The second-order valence-electron chi connectivity index (χ2n) is 6.01. The maximum Gasteiger partial charge on any atom is 0.349 e. The summed E-state index contributed by atoms with van der Waals surface area (Å²) in [7, 11) is 0. The Balaban J connectivity index is 1.55. The number of aryl methyl sites for hydroxylation is 1. The highest BCUT2D eigenvalue weighted by molar-refractivity contribution is 5.96. The van der Waals surface area contributed by atoms with E-state index in [9.17, 15) is 9.59 Å². The maximum atomic E-state index is 12.4. The first-order valence-electron chi connectivity index (χ1n) is 8.27. The summed E-state index contributed by atoms with van der Waals surface area (Å²) in [6.07, 6.45) is 0. The number of amides is 1. The Morgan fingerprint density at radius 3 is 2.74 bits per heavy atom. The van der Waals surface area contributed by atoms with Crippen molar-refractivity contribution in [3.05, 3.63) is 82.0 Å². The molecule has 134 valence electrons. The molecular weight excluding hydrogens is 346 g/mol. The molecule has 0 unspecified atom stereocenters. The van der Waals surface area contributed by atoms with Gasteiger partial charge in [-0.25, -0.2) is 4.79 Å². The van der Waals surface area contributed by atoms with E-state index in [4.69, 9.17) is 4.42 Å². The van der Waals surface area contributed by atoms with Gasteiger partial charge in [-0.05, 0) is 41.6 Å². The highest BCUT2D eigenvalue weighted by Gasteiger charge is 2.15. The highest BCUT2D eigenvalue weighted by atomic mass is 16.4. The third-order valence-electron chi connectivity index (χ3n) is 4.11. The molecule has 8 nitrogen and oxygen atoms in total. The van der Waals surface area contributed by atoms with Crippen LogP contribution in [-0.2, 0) is 6.54 Å². The Morgan fingerprint density at radius 1 is 1.15 bits per heavy atom. The summed E-state index contributed by atoms with van der Waals surface area (Å²) < 4.78 is 6.72. The van der Waals surface area contributed by atoms with Gasteiger partial charge in [0.15, 0.2) is 5.82 Å². The van der Waals surface area contributed by atoms with Crippen molar-refractivity contribution in [2.75, 3.05) is 0 Å². The number of benzene rings is 2. The number of carbonyl (C=O) groups is 1. The fourth-order valence-corrected chi connectivity index (χ4v) is 2.68. The van der Waals surface area contributed by atoms with Crippen LogP contribution in [0.3, 0.4) is 0 Å². The minimum atomic E-state index is -0.690. The minimum Gasteiger partial charge on any atom is -0.422 e. The van der Waals surface area contributed by atoms with Gasteiger partial charge < -0.3 is 9.73 Å². The van der Waals surface area contributed by atoms with Crippen molar-refractivity contribution in [2.45, 2.75) is 13.5 Å². The zero-order chi connectivity index (χ0) is 18.8. The molecule has 1 amide bonds. The van der Waals surface area contributed by atoms with Crippen LogP contribution in [0.15, 0.2) is 63.8 Å². The first-order chi connectivity index (χ1) is 13.1. The Kier molecular flexibility index (Phi) is 4.21. The molecule has 0 saturated heterocycles. The standard InChI is InChI=1S/C19H15N5O3/c1-12-6-8-14(9-7-12)24-17(21-22-23-24)11-20-18(25)15-10-13-4-2-3-5-16(13)27-19(15)26/h2-10H,11H2,1H3,(H,20,25). The van der Waals surface area contributed by atoms with Crippen molar-refractivity contribution in [1.29, 1.82) is 0 Å². The smallest absolute Gasteiger partial charge is 0.349 e. The van der Waals surface area contributed by atoms with Crippen LogP contribution in [0.25, 0.3) is 16.7 Å². The lowest BCUT2D eigenvalue weighted by molar-refractivity contribution is 0.0946. The summed E-state index contributed by atoms with van der Waals surface area (Å²) in [5.41, 5.74) is 1.57. The van der Waals surface area contributed by atoms with Gasteiger partial charge in [-0.3, -0.25) is 4.79 Å². The number of nitrogens with zero attached hydrogens (tertiary/aromatic N) is 4. The number of para-hydroxylation sites is 1. The van der Waals surface area contributed by atoms with E-state index in [-0.39, 0.29) is 12.1 Å². The molecule has 0 fully saturated rings. The van der Waals surface area contributed by atoms with Crippen molar-refractivity contribution < 1.29 is 9.21 Å². The Bertz CT molecular complexity index is 1180. The topological polar surface area (TPSA) is 103 Å². The third-order valence-corrected chi connectivity index (χ3v) is 4.11. The summed E-state index contributed by atoms with van der Waals surface area (Å²) >= 11 is 0. The van der Waals surface area contributed by atoms with E-state index in [1.54, 1.807) is 24.3 Å². The van der Waals surface area contributed by atoms with E-state index in [1.165, 1.54) is 10.7 Å². The van der Waals surface area contributed by atoms with Crippen molar-refractivity contribution in [3.63, 3.8) is 0 Å². The highest BCUT2D eigenvalue weighted by Crippen LogP contribution is 2.13. The van der Waals surface area contributed by atoms with Gasteiger partial charge in [0, 0.05) is 5.39 Å². The second-order valence-corrected chi connectivity index (χ2v) is 6.01. The quantitative estimate of drug-likeness (QED) is 0.558. The zero-order valence-corrected chi connectivity index (χ0v) is 14.4. The van der Waals surface area contributed by atoms with Crippen LogP contribution in [0.1, 0.15) is 21.7 Å². The SMILES string of the molecule is Cc1ccc(-n2nnnc2CNC(=O)c2cc3ccccc3oc2=O)cc1. The van der Waals surface area contributed by atoms with E-state index >= 15 is 0 Å². The van der Waals surface area contributed by atoms with Gasteiger partial charge in [-0.1, -0.05) is 35.9 Å². The summed E-state index contributed by atoms with van der Waals surface area (Å²) in [6, 6.07) is 16.2. The number of fused-ring (bicyclic) bond motifs is 1. The lowest BCUT2D eigenvalue weighted by atomic mass is 10.2. The molecule has 8 heteroatoms. The van der Waals surface area contributed by atoms with Gasteiger partial charge >= 0.3 is 5.63 Å². The van der Waals surface area contributed by atoms with Crippen molar-refractivity contribution in [2.24, 2.45) is 0 Å². The first-order valence-corrected chi connectivity index (χ1v) is 8.27. The fraction of sp³-hybridized carbons (Fsp3) is 0.105. The Labute approximate surface area is 153 Å². The van der Waals surface area contributed by atoms with Crippen LogP contribution < -0.4 is 10.9 Å². The molecule has 0 aliphatic heterocycles. The largest absolute Gasteiger partial charge is 0.422 e. The number of rotatable bonds is 4. The van der Waals surface area contributed by atoms with Crippen LogP contribution in [-0.4, -0.2) is 26.1 Å². The fourth-order valence-electron chi connectivity index (χ4n) is 2.68. The number of hydrogen-bond donors (Lipinski definition) is 1. The van der Waals surface area contributed by atoms with Gasteiger partial charge in [-0.2, -0.15) is 4.68 Å². The summed E-state index contributed by atoms with van der Waals surface area (Å²) in [5.74, 6) is -0.106. The normalized spacial score (nSPS) is 10.9. The molecule has 2 aromatic carbocycles. The van der Waals surface area contributed by atoms with Crippen LogP contribution in [0.4, 0.5) is 0 Å². The Hall–Kier alpha value is -3.81. The zero-order valence-electron chi connectivity index (χ0n) is 14.4. The van der Waals surface area contributed by atoms with Gasteiger partial charge in [0.05, 0.1) is 12.2 Å². The van der Waals surface area contributed by atoms with Gasteiger partial charge in [0.1, 0.15) is 11.1 Å². The number of aromatic nitrogens is 4. The number of nitrogens with one attached hydrogen (secondary N) is 1. The van der Waals surface area contributed by atoms with E-state index in [2.05, 4.69) is 20.8 Å². The lowest BCUT2D eigenvalue weighted by Gasteiger charge is -2.07. The van der Waals surface area contributed by atoms with Crippen LogP contribution in [0.2, 0.25) is 0 Å². The van der Waals surface area contributed by atoms with Gasteiger partial charge in [0.2, 0.25) is 0 Å². The summed E-state index contributed by atoms with van der Waals surface area (Å²) in [4.78, 5) is 24.5. The predicted molar refractivity (Wildman–Crippen MR) is 97.5 cm³/mol. The van der Waals surface area contributed by atoms with E-state index in [1.807, 2.05) is 31.2 Å². The minimum absolute atomic E-state index is 0.0615. The van der Waals surface area contributed by atoms with Gasteiger partial charge in [-0.15, -0.1) is 5.10 Å². The van der Waals surface area contributed by atoms with E-state index in [0.29, 0.717) is 16.8 Å². The molecule has 0 aliphatic rings. The molecule has 0 atom stereocenters. The van der Waals surface area contributed by atoms with Crippen LogP contribution >= 0.6 is 0 Å². The van der Waals surface area contributed by atoms with E-state index < -0.39 is 11.5 Å². The monoisotopic (exact) mass is 361 g/mol. The number of carbonyl (C=O) groups excluding carboxylic acids is 1. The predicted octanol–water partition coefficient (Wildman–Crippen LogP) is 2.01. The average Bonchev–Trinajstić information content (AvgIpc) is 3.14. The number of hydrogen-bond acceptors (Lipinski definition) is 6. The molecule has 0 radical (unpaired) electrons. The Morgan fingerprint density at radius 2 is 1.93 bits per heavy atom. The molecule has 2 aromatic heterocycles. The molecule has 0 bridgehead atoms. The van der Waals surface area contributed by atoms with Crippen LogP contribution in [0.5, 0.6) is 0 Å². The molecular formula is C19H15N5O3. The first kappa shape index (κ1) is 16.6. The molecule has 0 saturated carbocycles. The van der Waals surface area contributed by atoms with E-state index in [0.717, 1.165) is 11.3 Å². The molecule has 27 heavy (non-hydrogen) atoms. The molecule has 0 aliphatic carbocycles. The third kappa shape index (κ3) is 3.32. The molecule has 2 heterocycles. The molecule has 4 rings (SSSR count). The molecule has 4 aromatic rings. The summed E-state index contributed by atoms with van der Waals surface area (Å²) in [6.45, 7) is 2.05.